The van der Waals surface area contributed by atoms with Crippen molar-refractivity contribution in [2.45, 2.75) is 26.0 Å². The summed E-state index contributed by atoms with van der Waals surface area (Å²) < 4.78 is 0. The van der Waals surface area contributed by atoms with E-state index in [2.05, 4.69) is 0 Å². The van der Waals surface area contributed by atoms with Gasteiger partial charge in [0.1, 0.15) is 0 Å². The molecule has 1 rings (SSSR count). The summed E-state index contributed by atoms with van der Waals surface area (Å²) >= 11 is 0. The molecule has 0 radical (unpaired) electrons. The maximum absolute atomic E-state index is 9.29. The summed E-state index contributed by atoms with van der Waals surface area (Å²) in [7, 11) is 0. The summed E-state index contributed by atoms with van der Waals surface area (Å²) in [5, 5.41) is 9.29. The lowest BCUT2D eigenvalue weighted by Crippen LogP contribution is -2.24. The van der Waals surface area contributed by atoms with Gasteiger partial charge in [-0.3, -0.25) is 0 Å². The number of anilines is 1. The summed E-state index contributed by atoms with van der Waals surface area (Å²) in [6.07, 6.45) is -0.579. The Morgan fingerprint density at radius 1 is 1.38 bits per heavy atom. The van der Waals surface area contributed by atoms with E-state index in [1.54, 1.807) is 6.92 Å². The van der Waals surface area contributed by atoms with Crippen LogP contribution in [-0.2, 0) is 0 Å². The Balaban J connectivity index is 3.01. The van der Waals surface area contributed by atoms with E-state index in [9.17, 15) is 5.11 Å². The van der Waals surface area contributed by atoms with E-state index in [-0.39, 0.29) is 0 Å². The van der Waals surface area contributed by atoms with Gasteiger partial charge in [0.15, 0.2) is 0 Å². The zero-order valence-corrected chi connectivity index (χ0v) is 7.99. The second kappa shape index (κ2) is 3.77. The molecule has 2 atom stereocenters. The van der Waals surface area contributed by atoms with Crippen molar-refractivity contribution >= 4 is 5.69 Å². The van der Waals surface area contributed by atoms with E-state index in [4.69, 9.17) is 11.5 Å². The molecule has 0 saturated heterocycles. The van der Waals surface area contributed by atoms with Gasteiger partial charge in [-0.25, -0.2) is 0 Å². The van der Waals surface area contributed by atoms with E-state index in [1.165, 1.54) is 0 Å². The van der Waals surface area contributed by atoms with Crippen molar-refractivity contribution in [3.63, 3.8) is 0 Å². The smallest absolute Gasteiger partial charge is 0.0705 e. The van der Waals surface area contributed by atoms with Crippen molar-refractivity contribution < 1.29 is 5.11 Å². The minimum Gasteiger partial charge on any atom is -0.398 e. The van der Waals surface area contributed by atoms with Gasteiger partial charge in [0.2, 0.25) is 0 Å². The largest absolute Gasteiger partial charge is 0.398 e. The molecule has 0 aromatic heterocycles. The highest BCUT2D eigenvalue weighted by atomic mass is 16.3. The molecule has 72 valence electrons. The van der Waals surface area contributed by atoms with Crippen LogP contribution in [0.2, 0.25) is 0 Å². The summed E-state index contributed by atoms with van der Waals surface area (Å²) in [5.74, 6) is 0. The standard InChI is InChI=1S/C10H16N2O/c1-6-3-4-8(9(11)5-6)10(12)7(2)13/h3-5,7,10,13H,11-12H2,1-2H3/t7-,10-/m0/s1. The molecular weight excluding hydrogens is 164 g/mol. The first kappa shape index (κ1) is 10.0. The Hall–Kier alpha value is -1.06. The molecule has 0 saturated carbocycles. The molecule has 3 heteroatoms. The minimum atomic E-state index is -0.579. The maximum Gasteiger partial charge on any atom is 0.0705 e. The van der Waals surface area contributed by atoms with E-state index in [0.29, 0.717) is 5.69 Å². The number of nitrogens with two attached hydrogens (primary N) is 2. The van der Waals surface area contributed by atoms with Crippen LogP contribution >= 0.6 is 0 Å². The quantitative estimate of drug-likeness (QED) is 0.593. The Morgan fingerprint density at radius 3 is 2.46 bits per heavy atom. The molecular formula is C10H16N2O. The molecule has 1 aromatic carbocycles. The number of aliphatic hydroxyl groups excluding tert-OH is 1. The molecule has 0 aliphatic carbocycles. The fraction of sp³-hybridized carbons (Fsp3) is 0.400. The van der Waals surface area contributed by atoms with Crippen LogP contribution in [0, 0.1) is 6.92 Å². The molecule has 0 spiro atoms. The SMILES string of the molecule is Cc1ccc([C@@H](N)[C@H](C)O)c(N)c1. The summed E-state index contributed by atoms with van der Waals surface area (Å²) in [6.45, 7) is 3.62. The van der Waals surface area contributed by atoms with Crippen molar-refractivity contribution in [2.75, 3.05) is 5.73 Å². The molecule has 0 amide bonds. The number of nitrogen functional groups attached to an aromatic ring is 1. The van der Waals surface area contributed by atoms with Crippen LogP contribution in [0.4, 0.5) is 5.69 Å². The first-order chi connectivity index (χ1) is 6.02. The van der Waals surface area contributed by atoms with Crippen molar-refractivity contribution in [3.05, 3.63) is 29.3 Å². The number of hydrogen-bond donors (Lipinski definition) is 3. The second-order valence-electron chi connectivity index (χ2n) is 3.40. The zero-order chi connectivity index (χ0) is 10.0. The van der Waals surface area contributed by atoms with E-state index < -0.39 is 12.1 Å². The third-order valence-corrected chi connectivity index (χ3v) is 2.12. The maximum atomic E-state index is 9.29. The van der Waals surface area contributed by atoms with Crippen LogP contribution in [0.15, 0.2) is 18.2 Å². The predicted octanol–water partition coefficient (Wildman–Crippen LogP) is 0.958. The summed E-state index contributed by atoms with van der Waals surface area (Å²) in [5.41, 5.74) is 14.1. The van der Waals surface area contributed by atoms with Gasteiger partial charge < -0.3 is 16.6 Å². The van der Waals surface area contributed by atoms with Crippen LogP contribution in [-0.4, -0.2) is 11.2 Å². The van der Waals surface area contributed by atoms with E-state index in [0.717, 1.165) is 11.1 Å². The topological polar surface area (TPSA) is 72.3 Å². The van der Waals surface area contributed by atoms with Crippen molar-refractivity contribution in [1.29, 1.82) is 0 Å². The molecule has 0 fully saturated rings. The van der Waals surface area contributed by atoms with Gasteiger partial charge in [-0.2, -0.15) is 0 Å². The summed E-state index contributed by atoms with van der Waals surface area (Å²) in [4.78, 5) is 0. The van der Waals surface area contributed by atoms with Crippen molar-refractivity contribution in [2.24, 2.45) is 5.73 Å². The minimum absolute atomic E-state index is 0.402. The summed E-state index contributed by atoms with van der Waals surface area (Å²) in [6, 6.07) is 5.26. The molecule has 13 heavy (non-hydrogen) atoms. The van der Waals surface area contributed by atoms with Gasteiger partial charge in [-0.05, 0) is 31.0 Å². The van der Waals surface area contributed by atoms with Gasteiger partial charge in [0.25, 0.3) is 0 Å². The van der Waals surface area contributed by atoms with Gasteiger partial charge in [0, 0.05) is 5.69 Å². The first-order valence-corrected chi connectivity index (χ1v) is 4.32. The normalized spacial score (nSPS) is 15.4. The van der Waals surface area contributed by atoms with Gasteiger partial charge in [-0.15, -0.1) is 0 Å². The van der Waals surface area contributed by atoms with Crippen molar-refractivity contribution in [3.8, 4) is 0 Å². The van der Waals surface area contributed by atoms with Crippen LogP contribution in [0.25, 0.3) is 0 Å². The Kier molecular flexibility index (Phi) is 2.90. The number of hydrogen-bond acceptors (Lipinski definition) is 3. The Labute approximate surface area is 78.4 Å². The molecule has 5 N–H and O–H groups in total. The third-order valence-electron chi connectivity index (χ3n) is 2.12. The average molecular weight is 180 g/mol. The van der Waals surface area contributed by atoms with Gasteiger partial charge in [-0.1, -0.05) is 12.1 Å². The van der Waals surface area contributed by atoms with Gasteiger partial charge >= 0.3 is 0 Å². The molecule has 0 aliphatic rings. The molecule has 3 nitrogen and oxygen atoms in total. The lowest BCUT2D eigenvalue weighted by Gasteiger charge is -2.17. The monoisotopic (exact) mass is 180 g/mol. The van der Waals surface area contributed by atoms with Crippen molar-refractivity contribution in [1.82, 2.24) is 0 Å². The number of aryl methyl sites for hydroxylation is 1. The van der Waals surface area contributed by atoms with Gasteiger partial charge in [0.05, 0.1) is 12.1 Å². The predicted molar refractivity (Wildman–Crippen MR) is 54.2 cm³/mol. The number of benzene rings is 1. The molecule has 0 heterocycles. The van der Waals surface area contributed by atoms with Crippen LogP contribution < -0.4 is 11.5 Å². The second-order valence-corrected chi connectivity index (χ2v) is 3.40. The highest BCUT2D eigenvalue weighted by Gasteiger charge is 2.14. The third kappa shape index (κ3) is 2.20. The Bertz CT molecular complexity index is 297. The van der Waals surface area contributed by atoms with Crippen LogP contribution in [0.1, 0.15) is 24.1 Å². The first-order valence-electron chi connectivity index (χ1n) is 4.32. The highest BCUT2D eigenvalue weighted by molar-refractivity contribution is 5.50. The average Bonchev–Trinajstić information content (AvgIpc) is 2.03. The molecule has 0 aliphatic heterocycles. The van der Waals surface area contributed by atoms with E-state index >= 15 is 0 Å². The fourth-order valence-electron chi connectivity index (χ4n) is 1.26. The highest BCUT2D eigenvalue weighted by Crippen LogP contribution is 2.21. The zero-order valence-electron chi connectivity index (χ0n) is 7.99. The number of rotatable bonds is 2. The van der Waals surface area contributed by atoms with Crippen LogP contribution in [0.5, 0.6) is 0 Å². The van der Waals surface area contributed by atoms with E-state index in [1.807, 2.05) is 25.1 Å². The fourth-order valence-corrected chi connectivity index (χ4v) is 1.26. The lowest BCUT2D eigenvalue weighted by molar-refractivity contribution is 0.164. The van der Waals surface area contributed by atoms with Crippen LogP contribution in [0.3, 0.4) is 0 Å². The number of aliphatic hydroxyl groups is 1. The lowest BCUT2D eigenvalue weighted by atomic mass is 10.00. The Morgan fingerprint density at radius 2 is 2.00 bits per heavy atom. The molecule has 0 bridgehead atoms. The molecule has 0 unspecified atom stereocenters. The molecule has 1 aromatic rings.